The van der Waals surface area contributed by atoms with E-state index in [1.165, 1.54) is 39.2 Å². The summed E-state index contributed by atoms with van der Waals surface area (Å²) in [6, 6.07) is 1.88. The topological polar surface area (TPSA) is 77.2 Å². The first-order valence-corrected chi connectivity index (χ1v) is 7.22. The maximum atomic E-state index is 11.6. The molecule has 0 radical (unpaired) electrons. The third-order valence-corrected chi connectivity index (χ3v) is 4.12. The lowest BCUT2D eigenvalue weighted by Gasteiger charge is -2.29. The van der Waals surface area contributed by atoms with Crippen molar-refractivity contribution < 1.29 is 9.53 Å². The summed E-state index contributed by atoms with van der Waals surface area (Å²) in [4.78, 5) is 15.9. The smallest absolute Gasteiger partial charge is 0.340 e. The highest BCUT2D eigenvalue weighted by atomic mass is 16.5. The summed E-state index contributed by atoms with van der Waals surface area (Å²) in [5.74, 6) is 0.788. The molecule has 110 valence electrons. The zero-order valence-electron chi connectivity index (χ0n) is 12.2. The summed E-state index contributed by atoms with van der Waals surface area (Å²) in [5, 5.41) is 3.36. The number of esters is 1. The predicted octanol–water partition coefficient (Wildman–Crippen LogP) is 2.83. The first-order valence-electron chi connectivity index (χ1n) is 7.22. The molecule has 1 heterocycles. The van der Waals surface area contributed by atoms with Gasteiger partial charge < -0.3 is 15.8 Å². The molecule has 1 aliphatic carbocycles. The van der Waals surface area contributed by atoms with Crippen LogP contribution in [0.15, 0.2) is 12.3 Å². The van der Waals surface area contributed by atoms with Crippen LogP contribution in [0.2, 0.25) is 0 Å². The number of nitrogens with one attached hydrogen (secondary N) is 1. The molecule has 0 saturated heterocycles. The van der Waals surface area contributed by atoms with Crippen molar-refractivity contribution in [1.82, 2.24) is 4.98 Å². The number of methoxy groups -OCH3 is 1. The molecule has 1 aliphatic rings. The summed E-state index contributed by atoms with van der Waals surface area (Å²) in [6.45, 7) is 2.15. The fourth-order valence-electron chi connectivity index (χ4n) is 2.84. The van der Waals surface area contributed by atoms with E-state index in [9.17, 15) is 4.79 Å². The third-order valence-electron chi connectivity index (χ3n) is 4.12. The number of hydrogen-bond donors (Lipinski definition) is 2. The summed E-state index contributed by atoms with van der Waals surface area (Å²) >= 11 is 0. The highest BCUT2D eigenvalue weighted by Crippen LogP contribution is 2.29. The van der Waals surface area contributed by atoms with E-state index in [0.717, 1.165) is 0 Å². The summed E-state index contributed by atoms with van der Waals surface area (Å²) in [7, 11) is 1.35. The number of ether oxygens (including phenoxy) is 1. The monoisotopic (exact) mass is 277 g/mol. The molecule has 0 spiro atoms. The maximum absolute atomic E-state index is 11.6. The van der Waals surface area contributed by atoms with E-state index >= 15 is 0 Å². The van der Waals surface area contributed by atoms with Crippen LogP contribution in [0.25, 0.3) is 0 Å². The van der Waals surface area contributed by atoms with Crippen LogP contribution in [0.5, 0.6) is 0 Å². The minimum Gasteiger partial charge on any atom is -0.465 e. The van der Waals surface area contributed by atoms with Gasteiger partial charge in [0, 0.05) is 12.2 Å². The predicted molar refractivity (Wildman–Crippen MR) is 79.6 cm³/mol. The zero-order chi connectivity index (χ0) is 14.5. The van der Waals surface area contributed by atoms with E-state index in [4.69, 9.17) is 10.5 Å². The second-order valence-corrected chi connectivity index (χ2v) is 5.44. The van der Waals surface area contributed by atoms with Crippen LogP contribution in [0, 0.1) is 5.92 Å². The van der Waals surface area contributed by atoms with E-state index in [1.54, 1.807) is 12.3 Å². The van der Waals surface area contributed by atoms with Gasteiger partial charge >= 0.3 is 5.97 Å². The lowest BCUT2D eigenvalue weighted by molar-refractivity contribution is 0.0602. The van der Waals surface area contributed by atoms with Gasteiger partial charge in [0.2, 0.25) is 0 Å². The third kappa shape index (κ3) is 3.21. The molecule has 2 rings (SSSR count). The highest BCUT2D eigenvalue weighted by molar-refractivity contribution is 5.97. The van der Waals surface area contributed by atoms with Gasteiger partial charge in [0.05, 0.1) is 18.4 Å². The Balaban J connectivity index is 2.10. The van der Waals surface area contributed by atoms with E-state index < -0.39 is 5.97 Å². The highest BCUT2D eigenvalue weighted by Gasteiger charge is 2.22. The molecule has 0 aliphatic heterocycles. The van der Waals surface area contributed by atoms with Gasteiger partial charge in [-0.1, -0.05) is 19.3 Å². The second kappa shape index (κ2) is 6.59. The molecule has 5 nitrogen and oxygen atoms in total. The Labute approximate surface area is 119 Å². The lowest BCUT2D eigenvalue weighted by Crippen LogP contribution is -2.28. The molecule has 5 heteroatoms. The van der Waals surface area contributed by atoms with Crippen LogP contribution < -0.4 is 11.1 Å². The lowest BCUT2D eigenvalue weighted by atomic mass is 9.84. The fraction of sp³-hybridized carbons (Fsp3) is 0.600. The van der Waals surface area contributed by atoms with Gasteiger partial charge in [0.15, 0.2) is 0 Å². The molecule has 3 N–H and O–H groups in total. The second-order valence-electron chi connectivity index (χ2n) is 5.44. The molecular formula is C15H23N3O2. The number of nitrogens with two attached hydrogens (primary N) is 1. The Bertz CT molecular complexity index is 470. The quantitative estimate of drug-likeness (QED) is 0.827. The summed E-state index contributed by atoms with van der Waals surface area (Å²) < 4.78 is 4.72. The Morgan fingerprint density at radius 2 is 2.15 bits per heavy atom. The average Bonchev–Trinajstić information content (AvgIpc) is 2.49. The molecular weight excluding hydrogens is 254 g/mol. The van der Waals surface area contributed by atoms with Crippen LogP contribution in [0.1, 0.15) is 49.4 Å². The van der Waals surface area contributed by atoms with Crippen LogP contribution in [-0.2, 0) is 4.74 Å². The molecule has 1 aromatic heterocycles. The molecule has 0 amide bonds. The molecule has 0 bridgehead atoms. The van der Waals surface area contributed by atoms with Crippen molar-refractivity contribution >= 4 is 17.5 Å². The summed E-state index contributed by atoms with van der Waals surface area (Å²) in [6.07, 6.45) is 7.99. The van der Waals surface area contributed by atoms with Crippen LogP contribution >= 0.6 is 0 Å². The number of nitrogens with zero attached hydrogens (tertiary/aromatic N) is 1. The fourth-order valence-corrected chi connectivity index (χ4v) is 2.84. The normalized spacial score (nSPS) is 17.5. The van der Waals surface area contributed by atoms with Crippen molar-refractivity contribution in [2.75, 3.05) is 18.2 Å². The zero-order valence-corrected chi connectivity index (χ0v) is 12.2. The Morgan fingerprint density at radius 3 is 2.80 bits per heavy atom. The molecule has 0 aromatic carbocycles. The Kier molecular flexibility index (Phi) is 4.82. The van der Waals surface area contributed by atoms with Gasteiger partial charge in [0.25, 0.3) is 0 Å². The van der Waals surface area contributed by atoms with E-state index in [2.05, 4.69) is 17.2 Å². The molecule has 1 aromatic rings. The first kappa shape index (κ1) is 14.6. The molecule has 1 saturated carbocycles. The van der Waals surface area contributed by atoms with Crippen molar-refractivity contribution in [3.8, 4) is 0 Å². The largest absolute Gasteiger partial charge is 0.465 e. The number of pyridine rings is 1. The van der Waals surface area contributed by atoms with Crippen molar-refractivity contribution in [3.05, 3.63) is 17.8 Å². The average molecular weight is 277 g/mol. The molecule has 1 atom stereocenters. The number of carbonyl (C=O) groups excluding carboxylic acids is 1. The first-order chi connectivity index (χ1) is 9.63. The van der Waals surface area contributed by atoms with Crippen LogP contribution in [0.3, 0.4) is 0 Å². The number of carbonyl (C=O) groups is 1. The minimum atomic E-state index is -0.432. The van der Waals surface area contributed by atoms with Gasteiger partial charge in [-0.15, -0.1) is 0 Å². The minimum absolute atomic E-state index is 0.304. The molecule has 20 heavy (non-hydrogen) atoms. The number of aromatic nitrogens is 1. The van der Waals surface area contributed by atoms with Gasteiger partial charge in [-0.3, -0.25) is 0 Å². The molecule has 1 unspecified atom stereocenters. The van der Waals surface area contributed by atoms with Crippen molar-refractivity contribution in [1.29, 1.82) is 0 Å². The van der Waals surface area contributed by atoms with Crippen molar-refractivity contribution in [3.63, 3.8) is 0 Å². The van der Waals surface area contributed by atoms with Crippen LogP contribution in [-0.4, -0.2) is 24.1 Å². The van der Waals surface area contributed by atoms with Gasteiger partial charge in [-0.25, -0.2) is 9.78 Å². The number of rotatable bonds is 4. The number of anilines is 2. The van der Waals surface area contributed by atoms with Gasteiger partial charge in [0.1, 0.15) is 5.82 Å². The maximum Gasteiger partial charge on any atom is 0.340 e. The van der Waals surface area contributed by atoms with Gasteiger partial charge in [-0.05, 0) is 31.7 Å². The van der Waals surface area contributed by atoms with Crippen molar-refractivity contribution in [2.24, 2.45) is 5.92 Å². The van der Waals surface area contributed by atoms with Gasteiger partial charge in [-0.2, -0.15) is 0 Å². The summed E-state index contributed by atoms with van der Waals surface area (Å²) in [5.41, 5.74) is 6.74. The number of hydrogen-bond acceptors (Lipinski definition) is 5. The van der Waals surface area contributed by atoms with Crippen molar-refractivity contribution in [2.45, 2.75) is 45.1 Å². The van der Waals surface area contributed by atoms with Crippen LogP contribution in [0.4, 0.5) is 11.5 Å². The Morgan fingerprint density at radius 1 is 1.45 bits per heavy atom. The molecule has 1 fully saturated rings. The SMILES string of the molecule is COC(=O)c1ccnc(NC(C)C2CCCCC2)c1N. The van der Waals surface area contributed by atoms with E-state index in [-0.39, 0.29) is 0 Å². The number of nitrogen functional groups attached to an aromatic ring is 1. The van der Waals surface area contributed by atoms with E-state index in [1.807, 2.05) is 0 Å². The van der Waals surface area contributed by atoms with E-state index in [0.29, 0.717) is 29.0 Å². The standard InChI is InChI=1S/C15H23N3O2/c1-10(11-6-4-3-5-7-11)18-14-13(16)12(8-9-17-14)15(19)20-2/h8-11H,3-7,16H2,1-2H3,(H,17,18). The Hall–Kier alpha value is -1.78.